The summed E-state index contributed by atoms with van der Waals surface area (Å²) in [6, 6.07) is 0. The molecule has 1 aromatic rings. The predicted molar refractivity (Wildman–Crippen MR) is 90.9 cm³/mol. The minimum Gasteiger partial charge on any atom is -0.475 e. The molecule has 0 amide bonds. The normalized spacial score (nSPS) is 17.5. The van der Waals surface area contributed by atoms with Gasteiger partial charge in [0.1, 0.15) is 17.1 Å². The van der Waals surface area contributed by atoms with Gasteiger partial charge in [0.15, 0.2) is 10.7 Å². The molecule has 2 heterocycles. The molecule has 0 atom stereocenters. The van der Waals surface area contributed by atoms with Gasteiger partial charge in [-0.2, -0.15) is 26.7 Å². The zero-order valence-electron chi connectivity index (χ0n) is 15.3. The molecule has 3 N–H and O–H groups in total. The summed E-state index contributed by atoms with van der Waals surface area (Å²) in [6.45, 7) is 2.46. The number of hydrogen-bond acceptors (Lipinski definition) is 10. The topological polar surface area (TPSA) is 197 Å². The van der Waals surface area contributed by atoms with Gasteiger partial charge in [-0.3, -0.25) is 9.59 Å². The number of fused-ring (bicyclic) bond motifs is 1. The summed E-state index contributed by atoms with van der Waals surface area (Å²) in [4.78, 5) is 45.6. The number of Topliss-reactive ketones (excluding diaryl/α,β-unsaturated/α-hetero) is 2. The number of rotatable bonds is 6. The number of allylic oxidation sites excluding steroid dienone is 2. The van der Waals surface area contributed by atoms with Gasteiger partial charge in [-0.1, -0.05) is 5.16 Å². The van der Waals surface area contributed by atoms with Crippen molar-refractivity contribution >= 4 is 39.2 Å². The molecule has 0 fully saturated rings. The van der Waals surface area contributed by atoms with Gasteiger partial charge in [0.2, 0.25) is 0 Å². The van der Waals surface area contributed by atoms with E-state index in [2.05, 4.69) is 10.3 Å². The van der Waals surface area contributed by atoms with Crippen molar-refractivity contribution in [1.82, 2.24) is 15.1 Å². The number of halogens is 2. The van der Waals surface area contributed by atoms with Gasteiger partial charge in [0, 0.05) is 6.08 Å². The largest absolute Gasteiger partial charge is 0.475 e. The minimum atomic E-state index is -4.73. The fraction of sp³-hybridized carbons (Fsp3) is 0.200. The number of carbonyl (C=O) groups is 4. The SMILES string of the molecule is Cc1noc(C)c1S(=O)(=O)N1NN=C2C1=CC(F)(F)C(C(=O)C(=O)O)=C2C(=O)C(=O)O. The summed E-state index contributed by atoms with van der Waals surface area (Å²) >= 11 is 0. The van der Waals surface area contributed by atoms with Gasteiger partial charge in [0.25, 0.3) is 27.5 Å². The Labute approximate surface area is 170 Å². The number of aryl methyl sites for hydroxylation is 2. The molecule has 164 valence electrons. The highest BCUT2D eigenvalue weighted by molar-refractivity contribution is 7.89. The Hall–Kier alpha value is -3.95. The van der Waals surface area contributed by atoms with E-state index in [0.717, 1.165) is 0 Å². The van der Waals surface area contributed by atoms with E-state index in [1.807, 2.05) is 5.53 Å². The van der Waals surface area contributed by atoms with Crippen LogP contribution in [-0.4, -0.2) is 63.3 Å². The maximum absolute atomic E-state index is 14.8. The van der Waals surface area contributed by atoms with E-state index in [1.165, 1.54) is 13.8 Å². The molecule has 0 unspecified atom stereocenters. The summed E-state index contributed by atoms with van der Waals surface area (Å²) in [6.07, 6.45) is -0.129. The number of ketones is 2. The molecule has 0 bridgehead atoms. The maximum Gasteiger partial charge on any atom is 0.377 e. The van der Waals surface area contributed by atoms with E-state index in [4.69, 9.17) is 14.7 Å². The molecule has 1 aliphatic carbocycles. The molecule has 0 radical (unpaired) electrons. The van der Waals surface area contributed by atoms with Crippen molar-refractivity contribution in [3.8, 4) is 0 Å². The second-order valence-corrected chi connectivity index (χ2v) is 7.88. The molecule has 0 spiro atoms. The highest BCUT2D eigenvalue weighted by Crippen LogP contribution is 2.40. The van der Waals surface area contributed by atoms with Crippen LogP contribution in [0.4, 0.5) is 8.78 Å². The quantitative estimate of drug-likeness (QED) is 0.454. The summed E-state index contributed by atoms with van der Waals surface area (Å²) in [5, 5.41) is 24.6. The number of aliphatic carboxylic acids is 2. The van der Waals surface area contributed by atoms with E-state index in [9.17, 15) is 36.4 Å². The van der Waals surface area contributed by atoms with E-state index in [0.29, 0.717) is 0 Å². The molecule has 3 rings (SSSR count). The van der Waals surface area contributed by atoms with Crippen LogP contribution in [-0.2, 0) is 29.2 Å². The third-order valence-corrected chi connectivity index (χ3v) is 6.02. The molecule has 1 aromatic heterocycles. The smallest absolute Gasteiger partial charge is 0.377 e. The number of nitrogens with zero attached hydrogens (tertiary/aromatic N) is 3. The average molecular weight is 460 g/mol. The van der Waals surface area contributed by atoms with Crippen LogP contribution in [0.15, 0.2) is 37.4 Å². The Balaban J connectivity index is 2.25. The highest BCUT2D eigenvalue weighted by atomic mass is 32.2. The maximum atomic E-state index is 14.8. The van der Waals surface area contributed by atoms with Crippen LogP contribution >= 0.6 is 0 Å². The van der Waals surface area contributed by atoms with Crippen LogP contribution in [0.5, 0.6) is 0 Å². The zero-order valence-corrected chi connectivity index (χ0v) is 16.2. The lowest BCUT2D eigenvalue weighted by Crippen LogP contribution is -2.43. The molecule has 0 saturated heterocycles. The molecule has 1 aliphatic heterocycles. The molecule has 31 heavy (non-hydrogen) atoms. The number of nitrogens with one attached hydrogen (secondary N) is 1. The Morgan fingerprint density at radius 3 is 2.19 bits per heavy atom. The number of alkyl halides is 2. The predicted octanol–water partition coefficient (Wildman–Crippen LogP) is -0.707. The molecule has 2 aliphatic rings. The van der Waals surface area contributed by atoms with E-state index in [-0.39, 0.29) is 21.9 Å². The van der Waals surface area contributed by atoms with Crippen molar-refractivity contribution < 1.29 is 51.1 Å². The van der Waals surface area contributed by atoms with Gasteiger partial charge in [0.05, 0.1) is 11.1 Å². The van der Waals surface area contributed by atoms with Crippen molar-refractivity contribution in [2.45, 2.75) is 24.7 Å². The lowest BCUT2D eigenvalue weighted by Gasteiger charge is -2.26. The second-order valence-electron chi connectivity index (χ2n) is 6.15. The van der Waals surface area contributed by atoms with Crippen molar-refractivity contribution in [2.24, 2.45) is 5.10 Å². The minimum absolute atomic E-state index is 0.0972. The second kappa shape index (κ2) is 6.79. The molecule has 0 aromatic carbocycles. The molecular weight excluding hydrogens is 450 g/mol. The number of hydrogen-bond donors (Lipinski definition) is 3. The van der Waals surface area contributed by atoms with Gasteiger partial charge in [-0.05, 0) is 13.8 Å². The monoisotopic (exact) mass is 460 g/mol. The van der Waals surface area contributed by atoms with Crippen LogP contribution < -0.4 is 5.53 Å². The van der Waals surface area contributed by atoms with Crippen molar-refractivity contribution in [3.63, 3.8) is 0 Å². The number of aromatic nitrogens is 1. The summed E-state index contributed by atoms with van der Waals surface area (Å²) < 4.78 is 60.3. The van der Waals surface area contributed by atoms with E-state index < -0.39 is 66.9 Å². The van der Waals surface area contributed by atoms with Crippen LogP contribution in [0.3, 0.4) is 0 Å². The van der Waals surface area contributed by atoms with Crippen LogP contribution in [0.2, 0.25) is 0 Å². The number of carboxylic acids is 2. The van der Waals surface area contributed by atoms with E-state index in [1.54, 1.807) is 0 Å². The Bertz CT molecular complexity index is 1250. The first kappa shape index (κ1) is 21.8. The Morgan fingerprint density at radius 1 is 1.13 bits per heavy atom. The number of hydrazine groups is 1. The van der Waals surface area contributed by atoms with Crippen molar-refractivity contribution in [1.29, 1.82) is 0 Å². The van der Waals surface area contributed by atoms with Gasteiger partial charge < -0.3 is 14.7 Å². The average Bonchev–Trinajstić information content (AvgIpc) is 3.21. The number of sulfonamides is 1. The fourth-order valence-electron chi connectivity index (χ4n) is 2.96. The first-order chi connectivity index (χ1) is 14.2. The summed E-state index contributed by atoms with van der Waals surface area (Å²) in [5.74, 6) is -13.8. The number of carbonyl (C=O) groups excluding carboxylic acids is 2. The lowest BCUT2D eigenvalue weighted by molar-refractivity contribution is -0.149. The third-order valence-electron chi connectivity index (χ3n) is 4.16. The molecular formula is C15H10F2N4O9S. The van der Waals surface area contributed by atoms with Crippen molar-refractivity contribution in [3.05, 3.63) is 34.4 Å². The third kappa shape index (κ3) is 3.16. The lowest BCUT2D eigenvalue weighted by atomic mass is 9.85. The highest BCUT2D eigenvalue weighted by Gasteiger charge is 2.53. The summed E-state index contributed by atoms with van der Waals surface area (Å²) in [7, 11) is -4.73. The first-order valence-corrected chi connectivity index (χ1v) is 9.38. The molecule has 16 heteroatoms. The van der Waals surface area contributed by atoms with Crippen molar-refractivity contribution in [2.75, 3.05) is 0 Å². The molecule has 13 nitrogen and oxygen atoms in total. The molecule has 0 saturated carbocycles. The van der Waals surface area contributed by atoms with Crippen LogP contribution in [0.1, 0.15) is 11.5 Å². The van der Waals surface area contributed by atoms with Gasteiger partial charge in [-0.15, -0.1) is 0 Å². The Morgan fingerprint density at radius 2 is 1.71 bits per heavy atom. The van der Waals surface area contributed by atoms with E-state index >= 15 is 0 Å². The fourth-order valence-corrected chi connectivity index (χ4v) is 4.50. The number of hydrazone groups is 1. The Kier molecular flexibility index (Phi) is 4.77. The van der Waals surface area contributed by atoms with Crippen LogP contribution in [0.25, 0.3) is 0 Å². The van der Waals surface area contributed by atoms with Gasteiger partial charge >= 0.3 is 11.9 Å². The first-order valence-electron chi connectivity index (χ1n) is 7.94. The number of carboxylic acid groups (broad SMARTS) is 2. The van der Waals surface area contributed by atoms with Gasteiger partial charge in [-0.25, -0.2) is 15.1 Å². The summed E-state index contributed by atoms with van der Waals surface area (Å²) in [5.41, 5.74) is -3.79. The van der Waals surface area contributed by atoms with Crippen LogP contribution in [0, 0.1) is 13.8 Å². The zero-order chi connectivity index (χ0) is 23.5. The standard InChI is InChI=1S/C15H10F2N4O9S/c1-4-12(5(2)30-19-4)31(28,29)21-6-3-15(16,17)8(11(23)14(26)27)7(9(6)18-20-21)10(22)13(24)25/h3,20H,1-2H3,(H,24,25)(H,26,27).